The fraction of sp³-hybridized carbons (Fsp3) is 0.286. The molecule has 1 aromatic rings. The molecule has 118 valence electrons. The molecule has 2 heteroatoms. The number of carboxylic acid groups (broad SMARTS) is 1. The number of carbonyl (C=O) groups is 1. The van der Waals surface area contributed by atoms with Gasteiger partial charge < -0.3 is 5.11 Å². The van der Waals surface area contributed by atoms with Crippen LogP contribution in [0, 0.1) is 23.7 Å². The van der Waals surface area contributed by atoms with E-state index in [0.29, 0.717) is 17.8 Å². The van der Waals surface area contributed by atoms with Gasteiger partial charge >= 0.3 is 5.97 Å². The summed E-state index contributed by atoms with van der Waals surface area (Å²) in [5.74, 6) is 0.941. The number of aliphatic carboxylic acids is 1. The molecule has 1 aromatic carbocycles. The molecule has 4 atom stereocenters. The normalized spacial score (nSPS) is 28.9. The van der Waals surface area contributed by atoms with E-state index in [4.69, 9.17) is 5.11 Å². The van der Waals surface area contributed by atoms with Crippen LogP contribution in [0.4, 0.5) is 0 Å². The van der Waals surface area contributed by atoms with Crippen molar-refractivity contribution in [3.63, 3.8) is 0 Å². The zero-order chi connectivity index (χ0) is 16.1. The summed E-state index contributed by atoms with van der Waals surface area (Å²) in [5, 5.41) is 9.12. The molecule has 2 aliphatic rings. The Balaban J connectivity index is 1.56. The van der Waals surface area contributed by atoms with Crippen LogP contribution in [0.3, 0.4) is 0 Å². The highest BCUT2D eigenvalue weighted by atomic mass is 16.4. The maximum atomic E-state index is 11.1. The third-order valence-corrected chi connectivity index (χ3v) is 4.91. The molecule has 0 aromatic heterocycles. The van der Waals surface area contributed by atoms with Crippen molar-refractivity contribution in [1.82, 2.24) is 0 Å². The van der Waals surface area contributed by atoms with Crippen molar-refractivity contribution >= 4 is 12.0 Å². The second-order valence-electron chi connectivity index (χ2n) is 6.28. The molecular weight excluding hydrogens is 284 g/mol. The summed E-state index contributed by atoms with van der Waals surface area (Å²) in [5.41, 5.74) is 1.19. The highest BCUT2D eigenvalue weighted by molar-refractivity contribution is 5.67. The van der Waals surface area contributed by atoms with Crippen LogP contribution in [0.1, 0.15) is 18.4 Å². The van der Waals surface area contributed by atoms with E-state index in [1.54, 1.807) is 0 Å². The van der Waals surface area contributed by atoms with Crippen molar-refractivity contribution in [1.29, 1.82) is 0 Å². The van der Waals surface area contributed by atoms with Gasteiger partial charge in [-0.2, -0.15) is 0 Å². The van der Waals surface area contributed by atoms with E-state index in [1.807, 2.05) is 30.4 Å². The Morgan fingerprint density at radius 3 is 2.39 bits per heavy atom. The number of carboxylic acids is 1. The Labute approximate surface area is 137 Å². The number of allylic oxidation sites excluding steroid dienone is 7. The number of hydrogen-bond acceptors (Lipinski definition) is 1. The minimum Gasteiger partial charge on any atom is -0.481 e. The van der Waals surface area contributed by atoms with E-state index >= 15 is 0 Å². The Morgan fingerprint density at radius 1 is 1.00 bits per heavy atom. The second-order valence-corrected chi connectivity index (χ2v) is 6.28. The van der Waals surface area contributed by atoms with E-state index in [0.717, 1.165) is 6.42 Å². The van der Waals surface area contributed by atoms with Gasteiger partial charge in [-0.3, -0.25) is 4.79 Å². The van der Waals surface area contributed by atoms with Crippen LogP contribution in [0.2, 0.25) is 0 Å². The first-order valence-corrected chi connectivity index (χ1v) is 8.21. The quantitative estimate of drug-likeness (QED) is 0.772. The third-order valence-electron chi connectivity index (χ3n) is 4.91. The predicted octanol–water partition coefficient (Wildman–Crippen LogP) is 4.73. The first kappa shape index (κ1) is 15.5. The topological polar surface area (TPSA) is 37.3 Å². The molecule has 0 unspecified atom stereocenters. The monoisotopic (exact) mass is 306 g/mol. The van der Waals surface area contributed by atoms with Gasteiger partial charge in [0.15, 0.2) is 0 Å². The van der Waals surface area contributed by atoms with Crippen LogP contribution < -0.4 is 0 Å². The number of benzene rings is 1. The van der Waals surface area contributed by atoms with Gasteiger partial charge in [0.2, 0.25) is 0 Å². The van der Waals surface area contributed by atoms with Crippen LogP contribution in [-0.4, -0.2) is 11.1 Å². The molecule has 2 aliphatic carbocycles. The average molecular weight is 306 g/mol. The van der Waals surface area contributed by atoms with Crippen molar-refractivity contribution in [3.8, 4) is 0 Å². The van der Waals surface area contributed by atoms with Crippen LogP contribution in [0.25, 0.3) is 6.08 Å². The molecule has 1 N–H and O–H groups in total. The van der Waals surface area contributed by atoms with Crippen LogP contribution in [0.5, 0.6) is 0 Å². The Hall–Kier alpha value is -2.35. The van der Waals surface area contributed by atoms with Gasteiger partial charge in [-0.15, -0.1) is 0 Å². The first-order chi connectivity index (χ1) is 11.3. The molecule has 23 heavy (non-hydrogen) atoms. The number of rotatable bonds is 6. The Bertz CT molecular complexity index is 652. The summed E-state index contributed by atoms with van der Waals surface area (Å²) in [6.45, 7) is 0. The molecule has 3 rings (SSSR count). The van der Waals surface area contributed by atoms with Gasteiger partial charge in [-0.05, 0) is 35.7 Å². The van der Waals surface area contributed by atoms with Gasteiger partial charge in [0, 0.05) is 6.42 Å². The predicted molar refractivity (Wildman–Crippen MR) is 93.7 cm³/mol. The molecule has 1 fully saturated rings. The van der Waals surface area contributed by atoms with Crippen molar-refractivity contribution in [3.05, 3.63) is 78.4 Å². The van der Waals surface area contributed by atoms with Crippen LogP contribution in [-0.2, 0) is 4.79 Å². The van der Waals surface area contributed by atoms with E-state index in [1.165, 1.54) is 5.56 Å². The molecule has 0 heterocycles. The molecule has 1 saturated carbocycles. The smallest absolute Gasteiger partial charge is 0.303 e. The zero-order valence-electron chi connectivity index (χ0n) is 13.1. The maximum Gasteiger partial charge on any atom is 0.303 e. The lowest BCUT2D eigenvalue weighted by atomic mass is 9.53. The van der Waals surface area contributed by atoms with E-state index in [-0.39, 0.29) is 12.3 Å². The van der Waals surface area contributed by atoms with Crippen LogP contribution >= 0.6 is 0 Å². The fourth-order valence-corrected chi connectivity index (χ4v) is 3.79. The van der Waals surface area contributed by atoms with Gasteiger partial charge in [0.05, 0.1) is 0 Å². The molecule has 0 bridgehead atoms. The van der Waals surface area contributed by atoms with Crippen LogP contribution in [0.15, 0.2) is 72.9 Å². The summed E-state index contributed by atoms with van der Waals surface area (Å²) in [6.07, 6.45) is 18.1. The highest BCUT2D eigenvalue weighted by Gasteiger charge is 2.47. The van der Waals surface area contributed by atoms with Crippen molar-refractivity contribution < 1.29 is 9.90 Å². The lowest BCUT2D eigenvalue weighted by molar-refractivity contribution is -0.141. The number of hydrogen-bond donors (Lipinski definition) is 1. The SMILES string of the molecule is O=C(O)C[C@@H]1[C@@H]2C=CC=C[C@@H]2[C@H]1C/C=C/C=C/c1ccccc1. The van der Waals surface area contributed by atoms with Crippen molar-refractivity contribution in [2.45, 2.75) is 12.8 Å². The third kappa shape index (κ3) is 3.70. The number of fused-ring (bicyclic) bond motifs is 1. The zero-order valence-corrected chi connectivity index (χ0v) is 13.1. The van der Waals surface area contributed by atoms with E-state index in [2.05, 4.69) is 48.6 Å². The van der Waals surface area contributed by atoms with Crippen molar-refractivity contribution in [2.24, 2.45) is 23.7 Å². The van der Waals surface area contributed by atoms with Crippen molar-refractivity contribution in [2.75, 3.05) is 0 Å². The summed E-state index contributed by atoms with van der Waals surface area (Å²) < 4.78 is 0. The van der Waals surface area contributed by atoms with Gasteiger partial charge in [0.25, 0.3) is 0 Å². The second kappa shape index (κ2) is 7.28. The highest BCUT2D eigenvalue weighted by Crippen LogP contribution is 2.52. The maximum absolute atomic E-state index is 11.1. The summed E-state index contributed by atoms with van der Waals surface area (Å²) in [4.78, 5) is 11.1. The summed E-state index contributed by atoms with van der Waals surface area (Å²) >= 11 is 0. The first-order valence-electron chi connectivity index (χ1n) is 8.21. The standard InChI is InChI=1S/C21H22O2/c22-21(23)15-20-18(17-13-7-8-14-19(17)20)12-6-2-5-11-16-9-3-1-4-10-16/h1-11,13-14,17-20H,12,15H2,(H,22,23)/b6-2+,11-5+/t17-,18-,19-,20+/m1/s1. The molecule has 2 nitrogen and oxygen atoms in total. The van der Waals surface area contributed by atoms with Gasteiger partial charge in [-0.1, -0.05) is 78.9 Å². The molecular formula is C21H22O2. The molecule has 0 amide bonds. The minimum atomic E-state index is -0.686. The van der Waals surface area contributed by atoms with Gasteiger partial charge in [-0.25, -0.2) is 0 Å². The van der Waals surface area contributed by atoms with E-state index in [9.17, 15) is 4.79 Å². The van der Waals surface area contributed by atoms with Gasteiger partial charge in [0.1, 0.15) is 0 Å². The van der Waals surface area contributed by atoms with E-state index < -0.39 is 5.97 Å². The molecule has 0 aliphatic heterocycles. The lowest BCUT2D eigenvalue weighted by Crippen LogP contribution is -2.46. The summed E-state index contributed by atoms with van der Waals surface area (Å²) in [7, 11) is 0. The fourth-order valence-electron chi connectivity index (χ4n) is 3.79. The average Bonchev–Trinajstić information content (AvgIpc) is 2.57. The largest absolute Gasteiger partial charge is 0.481 e. The Morgan fingerprint density at radius 2 is 1.70 bits per heavy atom. The summed E-state index contributed by atoms with van der Waals surface area (Å²) in [6, 6.07) is 10.2. The molecule has 0 spiro atoms. The molecule has 0 saturated heterocycles. The minimum absolute atomic E-state index is 0.265. The molecule has 0 radical (unpaired) electrons. The lowest BCUT2D eigenvalue weighted by Gasteiger charge is -2.50. The Kier molecular flexibility index (Phi) is 4.92.